The molecule has 2 aromatic rings. The molecule has 1 aliphatic rings. The number of alkyl halides is 3. The average molecular weight is 414 g/mol. The van der Waals surface area contributed by atoms with Crippen LogP contribution in [0.5, 0.6) is 5.75 Å². The lowest BCUT2D eigenvalue weighted by atomic mass is 9.78. The molecule has 1 aliphatic heterocycles. The fourth-order valence-corrected chi connectivity index (χ4v) is 3.86. The number of nitrogens with one attached hydrogen (secondary N) is 2. The minimum absolute atomic E-state index is 0.0385. The molecule has 150 valence electrons. The molecule has 0 spiro atoms. The fraction of sp³-hybridized carbons (Fsp3) is 0.333. The first-order valence-corrected chi connectivity index (χ1v) is 9.23. The molecule has 10 heteroatoms. The first-order valence-electron chi connectivity index (χ1n) is 8.35. The maximum absolute atomic E-state index is 13.8. The standard InChI is InChI=1S/C18H17F3N2O4S/c1-2-27-11-6-3-5-10(9-11)14-13(15(24)12-7-4-8-28-12)17(26,18(19,20)21)23-16(25)22-14/h3-9,13-14,26H,2H2,1H3,(H2,22,23,25). The van der Waals surface area contributed by atoms with E-state index in [4.69, 9.17) is 4.74 Å². The molecule has 1 aromatic heterocycles. The van der Waals surface area contributed by atoms with Gasteiger partial charge in [-0.15, -0.1) is 11.3 Å². The molecular weight excluding hydrogens is 397 g/mol. The number of rotatable bonds is 5. The SMILES string of the molecule is CCOc1cccc(C2NC(=O)NC(O)(C(F)(F)F)C2C(=O)c2cccs2)c1. The summed E-state index contributed by atoms with van der Waals surface area (Å²) in [6.45, 7) is 2.07. The molecule has 0 bridgehead atoms. The van der Waals surface area contributed by atoms with Crippen molar-refractivity contribution in [1.29, 1.82) is 0 Å². The average Bonchev–Trinajstić information content (AvgIpc) is 3.15. The van der Waals surface area contributed by atoms with Gasteiger partial charge in [-0.25, -0.2) is 4.79 Å². The van der Waals surface area contributed by atoms with Crippen LogP contribution in [0.4, 0.5) is 18.0 Å². The molecule has 3 atom stereocenters. The van der Waals surface area contributed by atoms with Crippen molar-refractivity contribution in [3.8, 4) is 5.75 Å². The maximum Gasteiger partial charge on any atom is 0.437 e. The van der Waals surface area contributed by atoms with Crippen molar-refractivity contribution in [2.45, 2.75) is 24.9 Å². The van der Waals surface area contributed by atoms with E-state index in [2.05, 4.69) is 5.32 Å². The van der Waals surface area contributed by atoms with E-state index >= 15 is 0 Å². The van der Waals surface area contributed by atoms with Crippen LogP contribution in [0, 0.1) is 5.92 Å². The number of carbonyl (C=O) groups is 2. The van der Waals surface area contributed by atoms with Crippen molar-refractivity contribution in [3.05, 3.63) is 52.2 Å². The molecule has 28 heavy (non-hydrogen) atoms. The van der Waals surface area contributed by atoms with Gasteiger partial charge in [-0.1, -0.05) is 18.2 Å². The lowest BCUT2D eigenvalue weighted by Gasteiger charge is -2.44. The summed E-state index contributed by atoms with van der Waals surface area (Å²) in [6, 6.07) is 6.26. The Morgan fingerprint density at radius 3 is 2.68 bits per heavy atom. The highest BCUT2D eigenvalue weighted by atomic mass is 32.1. The van der Waals surface area contributed by atoms with Crippen molar-refractivity contribution in [2.24, 2.45) is 5.92 Å². The van der Waals surface area contributed by atoms with Gasteiger partial charge in [-0.05, 0) is 36.1 Å². The third kappa shape index (κ3) is 3.57. The summed E-state index contributed by atoms with van der Waals surface area (Å²) in [4.78, 5) is 24.9. The number of halogens is 3. The zero-order valence-electron chi connectivity index (χ0n) is 14.6. The maximum atomic E-state index is 13.8. The van der Waals surface area contributed by atoms with E-state index < -0.39 is 35.7 Å². The van der Waals surface area contributed by atoms with Crippen LogP contribution >= 0.6 is 11.3 Å². The summed E-state index contributed by atoms with van der Waals surface area (Å²) >= 11 is 0.952. The van der Waals surface area contributed by atoms with Gasteiger partial charge in [-0.3, -0.25) is 4.79 Å². The van der Waals surface area contributed by atoms with Gasteiger partial charge in [0.25, 0.3) is 0 Å². The lowest BCUT2D eigenvalue weighted by Crippen LogP contribution is -2.72. The van der Waals surface area contributed by atoms with Crippen LogP contribution in [-0.4, -0.2) is 35.4 Å². The first-order chi connectivity index (χ1) is 13.2. The van der Waals surface area contributed by atoms with Crippen molar-refractivity contribution in [3.63, 3.8) is 0 Å². The number of amides is 2. The van der Waals surface area contributed by atoms with Gasteiger partial charge in [0.2, 0.25) is 5.72 Å². The molecular formula is C18H17F3N2O4S. The molecule has 1 aromatic carbocycles. The second kappa shape index (κ2) is 7.44. The molecule has 0 saturated carbocycles. The van der Waals surface area contributed by atoms with Gasteiger partial charge in [-0.2, -0.15) is 13.2 Å². The number of hydrogen-bond donors (Lipinski definition) is 3. The summed E-state index contributed by atoms with van der Waals surface area (Å²) in [5.41, 5.74) is -3.53. The highest BCUT2D eigenvalue weighted by Gasteiger charge is 2.66. The Hall–Kier alpha value is -2.59. The van der Waals surface area contributed by atoms with E-state index in [0.717, 1.165) is 11.3 Å². The van der Waals surface area contributed by atoms with E-state index in [-0.39, 0.29) is 10.4 Å². The van der Waals surface area contributed by atoms with Crippen LogP contribution in [0.3, 0.4) is 0 Å². The van der Waals surface area contributed by atoms with Gasteiger partial charge in [0.1, 0.15) is 11.7 Å². The summed E-state index contributed by atoms with van der Waals surface area (Å²) in [6.07, 6.45) is -5.28. The minimum Gasteiger partial charge on any atom is -0.494 e. The molecule has 3 rings (SSSR count). The molecule has 3 N–H and O–H groups in total. The number of ketones is 1. The molecule has 0 aliphatic carbocycles. The Morgan fingerprint density at radius 2 is 2.07 bits per heavy atom. The smallest absolute Gasteiger partial charge is 0.437 e. The van der Waals surface area contributed by atoms with Crippen LogP contribution in [0.15, 0.2) is 41.8 Å². The monoisotopic (exact) mass is 414 g/mol. The van der Waals surface area contributed by atoms with Crippen LogP contribution in [0.2, 0.25) is 0 Å². The molecule has 6 nitrogen and oxygen atoms in total. The number of aliphatic hydroxyl groups is 1. The Labute approximate surface area is 162 Å². The first kappa shape index (κ1) is 20.2. The highest BCUT2D eigenvalue weighted by Crippen LogP contribution is 2.44. The summed E-state index contributed by atoms with van der Waals surface area (Å²) in [7, 11) is 0. The number of carbonyl (C=O) groups excluding carboxylic acids is 2. The summed E-state index contributed by atoms with van der Waals surface area (Å²) in [5.74, 6) is -2.61. The quantitative estimate of drug-likeness (QED) is 0.656. The molecule has 2 amide bonds. The van der Waals surface area contributed by atoms with Crippen LogP contribution in [-0.2, 0) is 0 Å². The van der Waals surface area contributed by atoms with Crippen LogP contribution in [0.1, 0.15) is 28.2 Å². The Balaban J connectivity index is 2.13. The summed E-state index contributed by atoms with van der Waals surface area (Å²) < 4.78 is 46.7. The van der Waals surface area contributed by atoms with Crippen molar-refractivity contribution in [2.75, 3.05) is 6.61 Å². The number of urea groups is 1. The fourth-order valence-electron chi connectivity index (χ4n) is 3.15. The van der Waals surface area contributed by atoms with Crippen LogP contribution < -0.4 is 15.4 Å². The van der Waals surface area contributed by atoms with Gasteiger partial charge < -0.3 is 20.5 Å². The molecule has 1 saturated heterocycles. The third-order valence-corrected chi connectivity index (χ3v) is 5.27. The normalized spacial score (nSPS) is 25.0. The Morgan fingerprint density at radius 1 is 1.32 bits per heavy atom. The predicted octanol–water partition coefficient (Wildman–Crippen LogP) is 3.25. The van der Waals surface area contributed by atoms with Gasteiger partial charge >= 0.3 is 12.2 Å². The van der Waals surface area contributed by atoms with Crippen molar-refractivity contribution in [1.82, 2.24) is 10.6 Å². The number of ether oxygens (including phenoxy) is 1. The number of thiophene rings is 1. The van der Waals surface area contributed by atoms with Crippen molar-refractivity contribution < 1.29 is 32.6 Å². The number of Topliss-reactive ketones (excluding diaryl/α,β-unsaturated/α-hetero) is 1. The minimum atomic E-state index is -5.28. The number of hydrogen-bond acceptors (Lipinski definition) is 5. The third-order valence-electron chi connectivity index (χ3n) is 4.38. The van der Waals surface area contributed by atoms with E-state index in [1.54, 1.807) is 18.4 Å². The van der Waals surface area contributed by atoms with Crippen LogP contribution in [0.25, 0.3) is 0 Å². The highest BCUT2D eigenvalue weighted by molar-refractivity contribution is 7.12. The molecule has 2 heterocycles. The largest absolute Gasteiger partial charge is 0.494 e. The van der Waals surface area contributed by atoms with E-state index in [1.165, 1.54) is 35.6 Å². The van der Waals surface area contributed by atoms with Gasteiger partial charge in [0.15, 0.2) is 5.78 Å². The second-order valence-electron chi connectivity index (χ2n) is 6.16. The second-order valence-corrected chi connectivity index (χ2v) is 7.11. The lowest BCUT2D eigenvalue weighted by molar-refractivity contribution is -0.287. The van der Waals surface area contributed by atoms with Crippen molar-refractivity contribution >= 4 is 23.2 Å². The Bertz CT molecular complexity index is 872. The zero-order chi connectivity index (χ0) is 20.5. The van der Waals surface area contributed by atoms with E-state index in [9.17, 15) is 27.9 Å². The zero-order valence-corrected chi connectivity index (χ0v) is 15.4. The molecule has 1 fully saturated rings. The molecule has 0 radical (unpaired) electrons. The van der Waals surface area contributed by atoms with E-state index in [0.29, 0.717) is 12.4 Å². The molecule has 3 unspecified atom stereocenters. The number of benzene rings is 1. The van der Waals surface area contributed by atoms with E-state index in [1.807, 2.05) is 0 Å². The summed E-state index contributed by atoms with van der Waals surface area (Å²) in [5, 5.41) is 15.8. The Kier molecular flexibility index (Phi) is 5.35. The topological polar surface area (TPSA) is 87.7 Å². The van der Waals surface area contributed by atoms with Gasteiger partial charge in [0, 0.05) is 0 Å². The predicted molar refractivity (Wildman–Crippen MR) is 95.2 cm³/mol. The van der Waals surface area contributed by atoms with Gasteiger partial charge in [0.05, 0.1) is 17.5 Å².